The summed E-state index contributed by atoms with van der Waals surface area (Å²) in [6.07, 6.45) is 0. The number of carbonyl (C=O) groups excluding carboxylic acids is 3. The van der Waals surface area contributed by atoms with Gasteiger partial charge in [0.15, 0.2) is 0 Å². The van der Waals surface area contributed by atoms with Crippen LogP contribution in [0.4, 0.5) is 17.1 Å². The van der Waals surface area contributed by atoms with Gasteiger partial charge in [-0.2, -0.15) is 10.2 Å². The van der Waals surface area contributed by atoms with Gasteiger partial charge in [0.2, 0.25) is 5.91 Å². The van der Waals surface area contributed by atoms with Crippen molar-refractivity contribution in [3.05, 3.63) is 65.7 Å². The van der Waals surface area contributed by atoms with Crippen molar-refractivity contribution in [2.75, 3.05) is 18.5 Å². The first kappa shape index (κ1) is 22.6. The molecule has 0 fully saturated rings. The van der Waals surface area contributed by atoms with E-state index in [1.165, 1.54) is 6.92 Å². The molecule has 2 aliphatic rings. The van der Waals surface area contributed by atoms with Crippen LogP contribution < -0.4 is 5.32 Å². The highest BCUT2D eigenvalue weighted by Gasteiger charge is 2.32. The monoisotopic (exact) mass is 433 g/mol. The Bertz CT molecular complexity index is 1090. The quantitative estimate of drug-likeness (QED) is 0.390. The van der Waals surface area contributed by atoms with Crippen molar-refractivity contribution in [3.63, 3.8) is 0 Å². The fourth-order valence-electron chi connectivity index (χ4n) is 3.21. The van der Waals surface area contributed by atoms with Crippen molar-refractivity contribution in [3.8, 4) is 11.1 Å². The van der Waals surface area contributed by atoms with Gasteiger partial charge in [0.25, 0.3) is 0 Å². The molecule has 3 rings (SSSR count). The van der Waals surface area contributed by atoms with Crippen molar-refractivity contribution >= 4 is 34.9 Å². The zero-order valence-electron chi connectivity index (χ0n) is 18.0. The highest BCUT2D eigenvalue weighted by molar-refractivity contribution is 6.18. The first-order valence-corrected chi connectivity index (χ1v) is 10.1. The van der Waals surface area contributed by atoms with E-state index in [4.69, 9.17) is 9.47 Å². The smallest absolute Gasteiger partial charge is 0.340 e. The highest BCUT2D eigenvalue weighted by Crippen LogP contribution is 2.42. The molecule has 8 nitrogen and oxygen atoms in total. The van der Waals surface area contributed by atoms with Crippen LogP contribution in [0.2, 0.25) is 0 Å². The number of benzene rings is 1. The molecule has 0 aromatic heterocycles. The molecule has 8 heteroatoms. The molecule has 0 radical (unpaired) electrons. The lowest BCUT2D eigenvalue weighted by atomic mass is 10.1. The summed E-state index contributed by atoms with van der Waals surface area (Å²) in [6.45, 7) is 4.92. The topological polar surface area (TPSA) is 106 Å². The van der Waals surface area contributed by atoms with Gasteiger partial charge < -0.3 is 14.8 Å². The summed E-state index contributed by atoms with van der Waals surface area (Å²) in [4.78, 5) is 37.4. The van der Waals surface area contributed by atoms with E-state index in [-0.39, 0.29) is 30.0 Å². The number of nitrogens with one attached hydrogen (secondary N) is 1. The van der Waals surface area contributed by atoms with E-state index >= 15 is 0 Å². The SMILES string of the molecule is CCOC(=O)c1c2ccc(N=Nc3ccccc3)ccc-2c(C(=O)OCC)c1NC(C)=O. The van der Waals surface area contributed by atoms with Crippen LogP contribution in [0.3, 0.4) is 0 Å². The molecule has 1 amide bonds. The first-order chi connectivity index (χ1) is 15.5. The zero-order chi connectivity index (χ0) is 23.1. The third kappa shape index (κ3) is 4.97. The van der Waals surface area contributed by atoms with Crippen molar-refractivity contribution < 1.29 is 23.9 Å². The maximum atomic E-state index is 12.8. The lowest BCUT2D eigenvalue weighted by Crippen LogP contribution is -2.15. The number of fused-ring (bicyclic) bond motifs is 1. The fraction of sp³-hybridized carbons (Fsp3) is 0.208. The minimum Gasteiger partial charge on any atom is -0.462 e. The third-order valence-electron chi connectivity index (χ3n) is 4.47. The minimum atomic E-state index is -0.657. The normalized spacial score (nSPS) is 10.8. The van der Waals surface area contributed by atoms with E-state index < -0.39 is 17.8 Å². The molecule has 1 aromatic rings. The molecule has 0 heterocycles. The Kier molecular flexibility index (Phi) is 7.28. The number of hydrogen-bond donors (Lipinski definition) is 1. The lowest BCUT2D eigenvalue weighted by Gasteiger charge is -2.08. The van der Waals surface area contributed by atoms with E-state index in [9.17, 15) is 14.4 Å². The van der Waals surface area contributed by atoms with Gasteiger partial charge in [-0.05, 0) is 49.2 Å². The van der Waals surface area contributed by atoms with Crippen LogP contribution in [0, 0.1) is 0 Å². The Balaban J connectivity index is 2.20. The summed E-state index contributed by atoms with van der Waals surface area (Å²) >= 11 is 0. The Labute approximate surface area is 185 Å². The van der Waals surface area contributed by atoms with Gasteiger partial charge in [-0.25, -0.2) is 9.59 Å². The average Bonchev–Trinajstić information content (AvgIpc) is 2.91. The Hall–Kier alpha value is -4.07. The van der Waals surface area contributed by atoms with Gasteiger partial charge in [-0.1, -0.05) is 30.3 Å². The second-order valence-corrected chi connectivity index (χ2v) is 6.70. The molecule has 1 aromatic carbocycles. The minimum absolute atomic E-state index is 0.0723. The van der Waals surface area contributed by atoms with E-state index in [2.05, 4.69) is 15.5 Å². The number of hydrogen-bond acceptors (Lipinski definition) is 7. The zero-order valence-corrected chi connectivity index (χ0v) is 18.0. The number of rotatable bonds is 7. The van der Waals surface area contributed by atoms with Crippen molar-refractivity contribution in [1.29, 1.82) is 0 Å². The van der Waals surface area contributed by atoms with Crippen molar-refractivity contribution in [2.24, 2.45) is 10.2 Å². The van der Waals surface area contributed by atoms with Crippen molar-refractivity contribution in [1.82, 2.24) is 0 Å². The molecule has 2 aliphatic carbocycles. The van der Waals surface area contributed by atoms with Gasteiger partial charge in [0, 0.05) is 6.92 Å². The number of carbonyl (C=O) groups is 3. The third-order valence-corrected chi connectivity index (χ3v) is 4.47. The highest BCUT2D eigenvalue weighted by atomic mass is 16.5. The summed E-state index contributed by atoms with van der Waals surface area (Å²) in [5.74, 6) is -1.75. The molecule has 0 bridgehead atoms. The summed E-state index contributed by atoms with van der Waals surface area (Å²) < 4.78 is 10.4. The molecular weight excluding hydrogens is 410 g/mol. The number of esters is 2. The largest absolute Gasteiger partial charge is 0.462 e. The van der Waals surface area contributed by atoms with Crippen LogP contribution in [0.1, 0.15) is 41.5 Å². The standard InChI is InChI=1S/C24H23N3O5/c1-4-31-23(29)20-18-13-11-17(27-26-16-9-7-6-8-10-16)12-14-19(18)21(24(30)32-5-2)22(20)25-15(3)28/h6-14H,4-5H2,1-3H3,(H,25,28). The molecule has 1 N–H and O–H groups in total. The Morgan fingerprint density at radius 2 is 1.22 bits per heavy atom. The number of anilines is 1. The fourth-order valence-corrected chi connectivity index (χ4v) is 3.21. The van der Waals surface area contributed by atoms with Gasteiger partial charge in [-0.15, -0.1) is 0 Å². The second kappa shape index (κ2) is 10.3. The average molecular weight is 433 g/mol. The van der Waals surface area contributed by atoms with Crippen LogP contribution >= 0.6 is 0 Å². The Morgan fingerprint density at radius 3 is 1.66 bits per heavy atom. The summed E-state index contributed by atoms with van der Waals surface area (Å²) in [5.41, 5.74) is 2.29. The van der Waals surface area contributed by atoms with E-state index in [0.29, 0.717) is 22.5 Å². The van der Waals surface area contributed by atoms with Gasteiger partial charge in [-0.3, -0.25) is 4.79 Å². The maximum Gasteiger partial charge on any atom is 0.340 e. The predicted octanol–water partition coefficient (Wildman–Crippen LogP) is 5.52. The number of nitrogens with zero attached hydrogens (tertiary/aromatic N) is 2. The molecule has 0 saturated carbocycles. The lowest BCUT2D eigenvalue weighted by molar-refractivity contribution is -0.114. The van der Waals surface area contributed by atoms with Crippen LogP contribution in [-0.4, -0.2) is 31.1 Å². The molecule has 32 heavy (non-hydrogen) atoms. The van der Waals surface area contributed by atoms with Gasteiger partial charge in [0.05, 0.1) is 41.4 Å². The molecule has 0 atom stereocenters. The summed E-state index contributed by atoms with van der Waals surface area (Å²) in [7, 11) is 0. The predicted molar refractivity (Wildman–Crippen MR) is 120 cm³/mol. The first-order valence-electron chi connectivity index (χ1n) is 10.1. The van der Waals surface area contributed by atoms with E-state index in [1.807, 2.05) is 30.3 Å². The van der Waals surface area contributed by atoms with Crippen molar-refractivity contribution in [2.45, 2.75) is 20.8 Å². The second-order valence-electron chi connectivity index (χ2n) is 6.70. The molecular formula is C24H23N3O5. The van der Waals surface area contributed by atoms with Crippen LogP contribution in [-0.2, 0) is 14.3 Å². The number of azo groups is 1. The van der Waals surface area contributed by atoms with Gasteiger partial charge in [0.1, 0.15) is 0 Å². The number of ether oxygens (including phenoxy) is 2. The van der Waals surface area contributed by atoms with E-state index in [1.54, 1.807) is 38.1 Å². The van der Waals surface area contributed by atoms with Crippen LogP contribution in [0.5, 0.6) is 0 Å². The molecule has 164 valence electrons. The summed E-state index contributed by atoms with van der Waals surface area (Å²) in [6, 6.07) is 15.9. The van der Waals surface area contributed by atoms with Crippen LogP contribution in [0.25, 0.3) is 11.1 Å². The maximum absolute atomic E-state index is 12.8. The molecule has 0 aliphatic heterocycles. The number of amides is 1. The van der Waals surface area contributed by atoms with Gasteiger partial charge >= 0.3 is 11.9 Å². The molecule has 0 unspecified atom stereocenters. The molecule has 0 spiro atoms. The van der Waals surface area contributed by atoms with E-state index in [0.717, 1.165) is 0 Å². The Morgan fingerprint density at radius 1 is 0.750 bits per heavy atom. The molecule has 0 saturated heterocycles. The summed E-state index contributed by atoms with van der Waals surface area (Å²) in [5, 5.41) is 11.0. The van der Waals surface area contributed by atoms with Crippen LogP contribution in [0.15, 0.2) is 64.8 Å².